The average Bonchev–Trinajstić information content (AvgIpc) is 2.72. The Balaban J connectivity index is 2.13. The van der Waals surface area contributed by atoms with Gasteiger partial charge in [-0.2, -0.15) is 0 Å². The Bertz CT molecular complexity index is 950. The van der Waals surface area contributed by atoms with Gasteiger partial charge in [0.2, 0.25) is 0 Å². The molecule has 0 bridgehead atoms. The lowest BCUT2D eigenvalue weighted by molar-refractivity contribution is -0.384. The number of alkyl halides is 2. The highest BCUT2D eigenvalue weighted by atomic mass is 28.4. The van der Waals surface area contributed by atoms with Crippen LogP contribution in [0, 0.1) is 10.1 Å². The number of nitro benzene ring substituents is 1. The molecule has 32 heavy (non-hydrogen) atoms. The molecule has 0 aliphatic heterocycles. The molecule has 7 nitrogen and oxygen atoms in total. The van der Waals surface area contributed by atoms with Gasteiger partial charge in [0.05, 0.1) is 4.92 Å². The van der Waals surface area contributed by atoms with Gasteiger partial charge in [0, 0.05) is 28.9 Å². The quantitative estimate of drug-likeness (QED) is 0.267. The molecule has 0 fully saturated rings. The predicted octanol–water partition coefficient (Wildman–Crippen LogP) is 6.67. The number of carbonyl (C=O) groups excluding carboxylic acids is 1. The molecule has 2 rings (SSSR count). The van der Waals surface area contributed by atoms with Crippen molar-refractivity contribution in [3.63, 3.8) is 0 Å². The standard InChI is InChI=1S/C22H28F2N2O5Si/c1-22(2,3)32(4,5)31-20-16(12-23)10-15(11-17(20)13-24)14-30-21(27)25-18-6-8-19(9-7-18)26(28)29/h6-11H,12-14H2,1-5H3,(H,25,27). The summed E-state index contributed by atoms with van der Waals surface area (Å²) in [7, 11) is -2.32. The van der Waals surface area contributed by atoms with E-state index in [4.69, 9.17) is 9.16 Å². The summed E-state index contributed by atoms with van der Waals surface area (Å²) < 4.78 is 38.9. The van der Waals surface area contributed by atoms with E-state index >= 15 is 0 Å². The topological polar surface area (TPSA) is 90.7 Å². The maximum Gasteiger partial charge on any atom is 0.411 e. The molecule has 0 saturated heterocycles. The van der Waals surface area contributed by atoms with Crippen LogP contribution in [0.15, 0.2) is 36.4 Å². The maximum absolute atomic E-state index is 13.8. The molecule has 0 heterocycles. The number of non-ortho nitro benzene ring substituents is 1. The minimum atomic E-state index is -2.32. The van der Waals surface area contributed by atoms with Gasteiger partial charge in [0.1, 0.15) is 25.7 Å². The van der Waals surface area contributed by atoms with Crippen LogP contribution in [-0.4, -0.2) is 19.3 Å². The molecule has 174 valence electrons. The number of carbonyl (C=O) groups is 1. The summed E-state index contributed by atoms with van der Waals surface area (Å²) in [6, 6.07) is 8.24. The molecule has 0 aromatic heterocycles. The second-order valence-electron chi connectivity index (χ2n) is 8.88. The lowest BCUT2D eigenvalue weighted by Crippen LogP contribution is -2.44. The molecular formula is C22H28F2N2O5Si. The number of hydrogen-bond donors (Lipinski definition) is 1. The van der Waals surface area contributed by atoms with Crippen LogP contribution in [0.5, 0.6) is 5.75 Å². The molecule has 0 unspecified atom stereocenters. The fraction of sp³-hybridized carbons (Fsp3) is 0.409. The lowest BCUT2D eigenvalue weighted by Gasteiger charge is -2.37. The molecule has 0 aliphatic rings. The van der Waals surface area contributed by atoms with Crippen LogP contribution in [0.3, 0.4) is 0 Å². The summed E-state index contributed by atoms with van der Waals surface area (Å²) in [5.74, 6) is 0.223. The first-order valence-corrected chi connectivity index (χ1v) is 12.9. The predicted molar refractivity (Wildman–Crippen MR) is 121 cm³/mol. The molecule has 0 spiro atoms. The van der Waals surface area contributed by atoms with Crippen molar-refractivity contribution in [2.75, 3.05) is 5.32 Å². The number of rotatable bonds is 8. The Morgan fingerprint density at radius 2 is 1.62 bits per heavy atom. The first kappa shape index (κ1) is 25.2. The fourth-order valence-electron chi connectivity index (χ4n) is 2.62. The van der Waals surface area contributed by atoms with E-state index in [1.54, 1.807) is 0 Å². The lowest BCUT2D eigenvalue weighted by atomic mass is 10.1. The molecule has 1 amide bonds. The van der Waals surface area contributed by atoms with Gasteiger partial charge in [-0.25, -0.2) is 13.6 Å². The molecule has 0 radical (unpaired) electrons. The molecule has 10 heteroatoms. The minimum Gasteiger partial charge on any atom is -0.543 e. The first-order valence-electron chi connectivity index (χ1n) is 10.0. The Labute approximate surface area is 187 Å². The third-order valence-corrected chi connectivity index (χ3v) is 9.78. The van der Waals surface area contributed by atoms with E-state index in [9.17, 15) is 23.7 Å². The smallest absolute Gasteiger partial charge is 0.411 e. The van der Waals surface area contributed by atoms with Gasteiger partial charge in [-0.15, -0.1) is 0 Å². The van der Waals surface area contributed by atoms with Crippen LogP contribution in [-0.2, 0) is 24.7 Å². The van der Waals surface area contributed by atoms with Crippen LogP contribution in [0.2, 0.25) is 18.1 Å². The van der Waals surface area contributed by atoms with Gasteiger partial charge in [-0.3, -0.25) is 15.4 Å². The number of amides is 1. The molecular weight excluding hydrogens is 438 g/mol. The van der Waals surface area contributed by atoms with Crippen LogP contribution in [0.1, 0.15) is 37.5 Å². The van der Waals surface area contributed by atoms with Crippen molar-refractivity contribution in [1.29, 1.82) is 0 Å². The number of nitrogens with one attached hydrogen (secondary N) is 1. The molecule has 2 aromatic rings. The highest BCUT2D eigenvalue weighted by molar-refractivity contribution is 6.74. The van der Waals surface area contributed by atoms with Gasteiger partial charge in [0.15, 0.2) is 0 Å². The summed E-state index contributed by atoms with van der Waals surface area (Å²) in [6.07, 6.45) is -0.802. The van der Waals surface area contributed by atoms with Crippen LogP contribution >= 0.6 is 0 Å². The van der Waals surface area contributed by atoms with E-state index in [0.29, 0.717) is 11.3 Å². The summed E-state index contributed by atoms with van der Waals surface area (Å²) in [6.45, 7) is 8.20. The van der Waals surface area contributed by atoms with Crippen LogP contribution in [0.25, 0.3) is 0 Å². The zero-order chi connectivity index (χ0) is 24.1. The first-order chi connectivity index (χ1) is 14.9. The number of benzene rings is 2. The number of nitrogens with zero attached hydrogens (tertiary/aromatic N) is 1. The normalized spacial score (nSPS) is 11.7. The highest BCUT2D eigenvalue weighted by Gasteiger charge is 2.40. The van der Waals surface area contributed by atoms with Crippen molar-refractivity contribution < 1.29 is 27.7 Å². The van der Waals surface area contributed by atoms with Crippen molar-refractivity contribution in [3.05, 3.63) is 63.2 Å². The second kappa shape index (κ2) is 10.1. The van der Waals surface area contributed by atoms with E-state index in [2.05, 4.69) is 5.32 Å². The Morgan fingerprint density at radius 1 is 1.09 bits per heavy atom. The van der Waals surface area contributed by atoms with Gasteiger partial charge in [-0.05, 0) is 48.0 Å². The summed E-state index contributed by atoms with van der Waals surface area (Å²) in [5.41, 5.74) is 1.04. The van der Waals surface area contributed by atoms with E-state index < -0.39 is 32.7 Å². The molecule has 1 N–H and O–H groups in total. The van der Waals surface area contributed by atoms with E-state index in [-0.39, 0.29) is 34.2 Å². The zero-order valence-corrected chi connectivity index (χ0v) is 19.8. The SMILES string of the molecule is CC(C)(C)[Si](C)(C)Oc1c(CF)cc(COC(=O)Nc2ccc([N+](=O)[O-])cc2)cc1CF. The van der Waals surface area contributed by atoms with E-state index in [1.807, 2.05) is 33.9 Å². The molecule has 0 atom stereocenters. The summed E-state index contributed by atoms with van der Waals surface area (Å²) >= 11 is 0. The molecule has 2 aromatic carbocycles. The zero-order valence-electron chi connectivity index (χ0n) is 18.8. The van der Waals surface area contributed by atoms with Crippen molar-refractivity contribution in [3.8, 4) is 5.75 Å². The Hall–Kier alpha value is -3.01. The molecule has 0 aliphatic carbocycles. The van der Waals surface area contributed by atoms with Crippen LogP contribution < -0.4 is 9.74 Å². The molecule has 0 saturated carbocycles. The van der Waals surface area contributed by atoms with E-state index in [0.717, 1.165) is 0 Å². The number of nitro groups is 1. The third kappa shape index (κ3) is 6.25. The van der Waals surface area contributed by atoms with Crippen molar-refractivity contribution >= 4 is 25.8 Å². The number of halogens is 2. The second-order valence-corrected chi connectivity index (χ2v) is 13.6. The van der Waals surface area contributed by atoms with Gasteiger partial charge < -0.3 is 9.16 Å². The summed E-state index contributed by atoms with van der Waals surface area (Å²) in [5, 5.41) is 13.0. The monoisotopic (exact) mass is 466 g/mol. The minimum absolute atomic E-state index is 0.110. The van der Waals surface area contributed by atoms with E-state index in [1.165, 1.54) is 36.4 Å². The third-order valence-electron chi connectivity index (χ3n) is 5.45. The Morgan fingerprint density at radius 3 is 2.06 bits per heavy atom. The fourth-order valence-corrected chi connectivity index (χ4v) is 3.70. The largest absolute Gasteiger partial charge is 0.543 e. The number of ether oxygens (including phenoxy) is 1. The van der Waals surface area contributed by atoms with Crippen molar-refractivity contribution in [2.24, 2.45) is 0 Å². The van der Waals surface area contributed by atoms with Gasteiger partial charge in [0.25, 0.3) is 14.0 Å². The average molecular weight is 467 g/mol. The number of anilines is 1. The summed E-state index contributed by atoms with van der Waals surface area (Å²) in [4.78, 5) is 22.2. The van der Waals surface area contributed by atoms with Crippen LogP contribution in [0.4, 0.5) is 25.0 Å². The van der Waals surface area contributed by atoms with Crippen molar-refractivity contribution in [1.82, 2.24) is 0 Å². The van der Waals surface area contributed by atoms with Crippen molar-refractivity contribution in [2.45, 2.75) is 58.9 Å². The highest BCUT2D eigenvalue weighted by Crippen LogP contribution is 2.40. The Kier molecular flexibility index (Phi) is 7.95. The van der Waals surface area contributed by atoms with Gasteiger partial charge in [-0.1, -0.05) is 20.8 Å². The maximum atomic E-state index is 13.8. The number of hydrogen-bond acceptors (Lipinski definition) is 5. The van der Waals surface area contributed by atoms with Gasteiger partial charge >= 0.3 is 6.09 Å².